The molecule has 0 heterocycles. The molecule has 0 aliphatic rings. The van der Waals surface area contributed by atoms with E-state index in [-0.39, 0.29) is 52.4 Å². The van der Waals surface area contributed by atoms with Crippen molar-refractivity contribution < 1.29 is 173 Å². The van der Waals surface area contributed by atoms with E-state index in [9.17, 15) is 0 Å². The third kappa shape index (κ3) is 1530. The fourth-order valence-electron chi connectivity index (χ4n) is 0. The maximum atomic E-state index is 8.62. The van der Waals surface area contributed by atoms with Crippen LogP contribution in [0.25, 0.3) is 0 Å². The van der Waals surface area contributed by atoms with E-state index in [1.807, 2.05) is 0 Å². The second-order valence-corrected chi connectivity index (χ2v) is 9.46. The maximum absolute atomic E-state index is 8.62. The molecule has 26 heteroatoms. The van der Waals surface area contributed by atoms with Crippen LogP contribution in [-0.2, 0) is 152 Å². The Labute approximate surface area is 221 Å². The summed E-state index contributed by atoms with van der Waals surface area (Å²) in [6, 6.07) is 0. The molecule has 0 N–H and O–H groups in total. The molecule has 0 atom stereocenters. The van der Waals surface area contributed by atoms with Gasteiger partial charge in [0.15, 0.2) is 0 Å². The quantitative estimate of drug-likeness (QED) is 0.203. The molecule has 0 rings (SSSR count). The van der Waals surface area contributed by atoms with E-state index >= 15 is 0 Å². The molecular formula is Bi2Nb3O18Ta3. The molecule has 0 aliphatic heterocycles. The average Bonchev–Trinajstić information content (AvgIpc) is 2.08. The summed E-state index contributed by atoms with van der Waals surface area (Å²) in [6.07, 6.45) is 0. The van der Waals surface area contributed by atoms with Crippen molar-refractivity contribution in [2.75, 3.05) is 0 Å². The van der Waals surface area contributed by atoms with Crippen molar-refractivity contribution in [1.82, 2.24) is 0 Å². The van der Waals surface area contributed by atoms with Crippen molar-refractivity contribution in [1.29, 1.82) is 0 Å². The third-order valence-corrected chi connectivity index (χ3v) is 0. The summed E-state index contributed by atoms with van der Waals surface area (Å²) < 4.78 is 155. The minimum atomic E-state index is -4.34. The van der Waals surface area contributed by atoms with Gasteiger partial charge in [0.2, 0.25) is 0 Å². The van der Waals surface area contributed by atoms with Crippen LogP contribution in [0, 0.1) is 0 Å². The molecule has 26 heavy (non-hydrogen) atoms. The summed E-state index contributed by atoms with van der Waals surface area (Å²) in [5.41, 5.74) is 0. The standard InChI is InChI=1S/2Bi.3Nb.18O.3Ta/q2*+3;;;;;;;;;;;;;;;;6*-1;;;. The minimum absolute atomic E-state index is 0. The van der Waals surface area contributed by atoms with Crippen LogP contribution in [0.15, 0.2) is 0 Å². The third-order valence-electron chi connectivity index (χ3n) is 0. The van der Waals surface area contributed by atoms with E-state index in [1.165, 1.54) is 0 Å². The second kappa shape index (κ2) is 46.7. The van der Waals surface area contributed by atoms with Crippen LogP contribution >= 0.6 is 0 Å². The average molecular weight is 1530 g/mol. The molecule has 0 saturated carbocycles. The Balaban J connectivity index is -0.0000000245. The molecule has 0 aromatic carbocycles. The molecule has 0 aromatic rings. The molecule has 0 fully saturated rings. The van der Waals surface area contributed by atoms with Crippen LogP contribution in [0.3, 0.4) is 0 Å². The molecule has 0 aliphatic carbocycles. The Morgan fingerprint density at radius 1 is 0.423 bits per heavy atom. The first kappa shape index (κ1) is 51.9. The number of rotatable bonds is 0. The monoisotopic (exact) mass is 1530 g/mol. The van der Waals surface area contributed by atoms with Gasteiger partial charge < -0.3 is 0 Å². The van der Waals surface area contributed by atoms with Crippen molar-refractivity contribution in [3.63, 3.8) is 0 Å². The topological polar surface area (TPSA) is 343 Å². The van der Waals surface area contributed by atoms with E-state index in [4.69, 9.17) is 60.7 Å². The molecule has 18 nitrogen and oxygen atoms in total. The van der Waals surface area contributed by atoms with E-state index in [0.29, 0.717) is 0 Å². The Bertz CT molecular complexity index is 481. The predicted molar refractivity (Wildman–Crippen MR) is 19.7 cm³/mol. The van der Waals surface area contributed by atoms with E-state index in [0.717, 1.165) is 0 Å². The zero-order valence-electron chi connectivity index (χ0n) is 10.9. The van der Waals surface area contributed by atoms with E-state index in [2.05, 4.69) is 0 Å². The summed E-state index contributed by atoms with van der Waals surface area (Å²) in [5, 5.41) is 0. The van der Waals surface area contributed by atoms with Gasteiger partial charge in [0.25, 0.3) is 0 Å². The number of hydrogen-bond donors (Lipinski definition) is 0. The Morgan fingerprint density at radius 2 is 0.423 bits per heavy atom. The van der Waals surface area contributed by atoms with Crippen LogP contribution in [-0.4, -0.2) is 52.4 Å². The Morgan fingerprint density at radius 3 is 0.423 bits per heavy atom. The van der Waals surface area contributed by atoms with Gasteiger partial charge in [-0.25, -0.2) is 0 Å². The fraction of sp³-hybridized carbons (Fsp3) is 0. The van der Waals surface area contributed by atoms with Crippen LogP contribution < -0.4 is 21.7 Å². The van der Waals surface area contributed by atoms with Crippen molar-refractivity contribution >= 4 is 52.4 Å². The molecule has 0 spiro atoms. The van der Waals surface area contributed by atoms with Gasteiger partial charge in [-0.2, -0.15) is 0 Å². The van der Waals surface area contributed by atoms with Crippen LogP contribution in [0.2, 0.25) is 0 Å². The molecule has 0 saturated heterocycles. The Kier molecular flexibility index (Phi) is 93.1. The summed E-state index contributed by atoms with van der Waals surface area (Å²) in [6.45, 7) is 0. The van der Waals surface area contributed by atoms with E-state index < -0.39 is 113 Å². The summed E-state index contributed by atoms with van der Waals surface area (Å²) in [4.78, 5) is 0. The molecule has 4 radical (unpaired) electrons. The van der Waals surface area contributed by atoms with Gasteiger partial charge in [0.05, 0.1) is 0 Å². The van der Waals surface area contributed by atoms with Crippen molar-refractivity contribution in [3.8, 4) is 0 Å². The fourth-order valence-corrected chi connectivity index (χ4v) is 0. The molecule has 0 aromatic heterocycles. The van der Waals surface area contributed by atoms with Gasteiger partial charge in [-0.3, -0.25) is 0 Å². The van der Waals surface area contributed by atoms with Gasteiger partial charge in [-0.1, -0.05) is 0 Å². The van der Waals surface area contributed by atoms with Gasteiger partial charge in [-0.15, -0.1) is 0 Å². The van der Waals surface area contributed by atoms with Crippen molar-refractivity contribution in [3.05, 3.63) is 0 Å². The van der Waals surface area contributed by atoms with Crippen LogP contribution in [0.4, 0.5) is 0 Å². The second-order valence-electron chi connectivity index (χ2n) is 1.34. The number of hydrogen-bond acceptors (Lipinski definition) is 18. The van der Waals surface area contributed by atoms with Crippen molar-refractivity contribution in [2.45, 2.75) is 0 Å². The molecule has 0 unspecified atom stereocenters. The molecule has 0 bridgehead atoms. The van der Waals surface area contributed by atoms with Gasteiger partial charge in [0.1, 0.15) is 0 Å². The van der Waals surface area contributed by atoms with Crippen molar-refractivity contribution in [2.24, 2.45) is 0 Å². The zero-order chi connectivity index (χ0) is 21.5. The molecule has 0 amide bonds. The first-order chi connectivity index (χ1) is 10.4. The van der Waals surface area contributed by atoms with Gasteiger partial charge >= 0.3 is 226 Å². The summed E-state index contributed by atoms with van der Waals surface area (Å²) in [7, 11) is 0. The zero-order valence-corrected chi connectivity index (χ0v) is 34.1. The van der Waals surface area contributed by atoms with Gasteiger partial charge in [0, 0.05) is 0 Å². The summed E-state index contributed by atoms with van der Waals surface area (Å²) >= 11 is -25.6. The molecule has 148 valence electrons. The first-order valence-corrected chi connectivity index (χ1v) is 23.2. The van der Waals surface area contributed by atoms with Crippen LogP contribution in [0.1, 0.15) is 0 Å². The normalized spacial score (nSPS) is 5.77. The Hall–Kier alpha value is 3.57. The first-order valence-electron chi connectivity index (χ1n) is 3.29. The van der Waals surface area contributed by atoms with Crippen LogP contribution in [0.5, 0.6) is 0 Å². The van der Waals surface area contributed by atoms with E-state index in [1.54, 1.807) is 0 Å². The molecular weight excluding hydrogens is 1530 g/mol. The predicted octanol–water partition coefficient (Wildman–Crippen LogP) is -9.34. The van der Waals surface area contributed by atoms with Gasteiger partial charge in [-0.05, 0) is 0 Å². The SMILES string of the molecule is [Bi+3].[Bi+3].[O]=[Nb](=[O])[O-].[O]=[Nb](=[O])[O-].[O]=[Nb](=[O])[O-].[O]=[Ta](=[O])[O-].[O]=[Ta](=[O])[O-].[O]=[Ta](=[O])[O-]. The summed E-state index contributed by atoms with van der Waals surface area (Å²) in [5.74, 6) is 0.